The molecule has 1 saturated heterocycles. The van der Waals surface area contributed by atoms with Crippen LogP contribution in [0.2, 0.25) is 0 Å². The third-order valence-electron chi connectivity index (χ3n) is 2.19. The maximum Gasteiger partial charge on any atom is 0.223 e. The second-order valence-electron chi connectivity index (χ2n) is 4.03. The first-order valence-electron chi connectivity index (χ1n) is 4.64. The van der Waals surface area contributed by atoms with Gasteiger partial charge in [0.25, 0.3) is 0 Å². The fourth-order valence-corrected chi connectivity index (χ4v) is 1.45. The molecule has 1 heterocycles. The molecule has 1 amide bonds. The van der Waals surface area contributed by atoms with E-state index in [0.717, 1.165) is 0 Å². The Hall–Kier alpha value is -0.610. The number of carbonyl (C=O) groups excluding carboxylic acids is 1. The molecule has 0 aromatic heterocycles. The van der Waals surface area contributed by atoms with Crippen LogP contribution in [0.25, 0.3) is 0 Å². The average molecular weight is 187 g/mol. The number of nitrogens with zero attached hydrogens (tertiary/aromatic N) is 1. The van der Waals surface area contributed by atoms with Crippen molar-refractivity contribution in [2.75, 3.05) is 13.1 Å². The van der Waals surface area contributed by atoms with Crippen LogP contribution in [0.3, 0.4) is 0 Å². The maximum atomic E-state index is 11.5. The van der Waals surface area contributed by atoms with E-state index in [1.807, 2.05) is 13.8 Å². The van der Waals surface area contributed by atoms with Crippen LogP contribution in [0.1, 0.15) is 20.3 Å². The van der Waals surface area contributed by atoms with Gasteiger partial charge in [-0.3, -0.25) is 4.79 Å². The van der Waals surface area contributed by atoms with Crippen molar-refractivity contribution in [2.24, 2.45) is 5.92 Å². The Bertz CT molecular complexity index is 183. The fraction of sp³-hybridized carbons (Fsp3) is 0.889. The minimum Gasteiger partial charge on any atom is -0.388 e. The van der Waals surface area contributed by atoms with Gasteiger partial charge in [-0.25, -0.2) is 0 Å². The Morgan fingerprint density at radius 2 is 1.85 bits per heavy atom. The van der Waals surface area contributed by atoms with Gasteiger partial charge in [-0.05, 0) is 5.92 Å². The molecule has 0 saturated carbocycles. The van der Waals surface area contributed by atoms with Crippen molar-refractivity contribution in [3.8, 4) is 0 Å². The summed E-state index contributed by atoms with van der Waals surface area (Å²) >= 11 is 0. The van der Waals surface area contributed by atoms with E-state index >= 15 is 0 Å². The highest BCUT2D eigenvalue weighted by Gasteiger charge is 2.32. The molecule has 2 unspecified atom stereocenters. The second-order valence-corrected chi connectivity index (χ2v) is 4.03. The van der Waals surface area contributed by atoms with Crippen LogP contribution in [0.4, 0.5) is 0 Å². The highest BCUT2D eigenvalue weighted by atomic mass is 16.3. The standard InChI is InChI=1S/C9H17NO3/c1-6(2)3-9(13)10-4-7(11)8(12)5-10/h6-8,11-12H,3-5H2,1-2H3. The SMILES string of the molecule is CC(C)CC(=O)N1CC(O)C(O)C1. The second kappa shape index (κ2) is 4.07. The zero-order chi connectivity index (χ0) is 10.0. The zero-order valence-corrected chi connectivity index (χ0v) is 8.10. The van der Waals surface area contributed by atoms with Crippen LogP contribution in [-0.2, 0) is 4.79 Å². The summed E-state index contributed by atoms with van der Waals surface area (Å²) in [4.78, 5) is 13.0. The predicted octanol–water partition coefficient (Wildman–Crippen LogP) is -0.404. The van der Waals surface area contributed by atoms with Gasteiger partial charge >= 0.3 is 0 Å². The van der Waals surface area contributed by atoms with Crippen molar-refractivity contribution in [2.45, 2.75) is 32.5 Å². The van der Waals surface area contributed by atoms with E-state index in [-0.39, 0.29) is 19.0 Å². The Balaban J connectivity index is 2.42. The highest BCUT2D eigenvalue weighted by Crippen LogP contribution is 2.13. The van der Waals surface area contributed by atoms with Crippen molar-refractivity contribution < 1.29 is 15.0 Å². The number of aliphatic hydroxyl groups is 2. The van der Waals surface area contributed by atoms with Crippen LogP contribution < -0.4 is 0 Å². The summed E-state index contributed by atoms with van der Waals surface area (Å²) in [6.07, 6.45) is -1.05. The fourth-order valence-electron chi connectivity index (χ4n) is 1.45. The average Bonchev–Trinajstić information content (AvgIpc) is 2.31. The largest absolute Gasteiger partial charge is 0.388 e. The Labute approximate surface area is 78.2 Å². The smallest absolute Gasteiger partial charge is 0.223 e. The van der Waals surface area contributed by atoms with Gasteiger partial charge < -0.3 is 15.1 Å². The molecule has 0 spiro atoms. The molecule has 0 bridgehead atoms. The summed E-state index contributed by atoms with van der Waals surface area (Å²) < 4.78 is 0. The number of rotatable bonds is 2. The van der Waals surface area contributed by atoms with Gasteiger partial charge in [-0.1, -0.05) is 13.8 Å². The molecule has 0 radical (unpaired) electrons. The van der Waals surface area contributed by atoms with E-state index in [4.69, 9.17) is 0 Å². The molecule has 2 N–H and O–H groups in total. The molecule has 0 aliphatic carbocycles. The number of hydrogen-bond donors (Lipinski definition) is 2. The lowest BCUT2D eigenvalue weighted by molar-refractivity contribution is -0.131. The van der Waals surface area contributed by atoms with Crippen molar-refractivity contribution in [3.63, 3.8) is 0 Å². The number of carbonyl (C=O) groups is 1. The third kappa shape index (κ3) is 2.67. The summed E-state index contributed by atoms with van der Waals surface area (Å²) in [6, 6.07) is 0. The lowest BCUT2D eigenvalue weighted by Crippen LogP contribution is -2.30. The Morgan fingerprint density at radius 3 is 2.23 bits per heavy atom. The molecule has 1 fully saturated rings. The molecule has 0 aromatic carbocycles. The molecule has 76 valence electrons. The summed E-state index contributed by atoms with van der Waals surface area (Å²) in [5.74, 6) is 0.341. The van der Waals surface area contributed by atoms with E-state index < -0.39 is 12.2 Å². The third-order valence-corrected chi connectivity index (χ3v) is 2.19. The number of hydrogen-bond acceptors (Lipinski definition) is 3. The molecule has 4 heteroatoms. The molecular weight excluding hydrogens is 170 g/mol. The number of amides is 1. The maximum absolute atomic E-state index is 11.5. The quantitative estimate of drug-likeness (QED) is 0.618. The summed E-state index contributed by atoms with van der Waals surface area (Å²) in [5, 5.41) is 18.4. The monoisotopic (exact) mass is 187 g/mol. The molecule has 0 aromatic rings. The summed E-state index contributed by atoms with van der Waals surface area (Å²) in [6.45, 7) is 4.49. The molecule has 1 aliphatic rings. The van der Waals surface area contributed by atoms with E-state index in [0.29, 0.717) is 12.3 Å². The summed E-state index contributed by atoms with van der Waals surface area (Å²) in [7, 11) is 0. The molecule has 2 atom stereocenters. The van der Waals surface area contributed by atoms with E-state index in [1.54, 1.807) is 0 Å². The molecular formula is C9H17NO3. The molecule has 1 rings (SSSR count). The van der Waals surface area contributed by atoms with Gasteiger partial charge in [-0.15, -0.1) is 0 Å². The topological polar surface area (TPSA) is 60.8 Å². The van der Waals surface area contributed by atoms with Crippen molar-refractivity contribution in [3.05, 3.63) is 0 Å². The molecule has 1 aliphatic heterocycles. The van der Waals surface area contributed by atoms with Crippen molar-refractivity contribution in [1.29, 1.82) is 0 Å². The van der Waals surface area contributed by atoms with Gasteiger partial charge in [0.2, 0.25) is 5.91 Å². The first-order chi connectivity index (χ1) is 6.00. The number of aliphatic hydroxyl groups excluding tert-OH is 2. The van der Waals surface area contributed by atoms with Crippen LogP contribution in [-0.4, -0.2) is 46.3 Å². The first-order valence-corrected chi connectivity index (χ1v) is 4.64. The van der Waals surface area contributed by atoms with Crippen LogP contribution >= 0.6 is 0 Å². The minimum absolute atomic E-state index is 0.0191. The normalized spacial score (nSPS) is 28.5. The highest BCUT2D eigenvalue weighted by molar-refractivity contribution is 5.76. The lowest BCUT2D eigenvalue weighted by atomic mass is 10.1. The molecule has 4 nitrogen and oxygen atoms in total. The minimum atomic E-state index is -0.767. The van der Waals surface area contributed by atoms with Gasteiger partial charge in [-0.2, -0.15) is 0 Å². The summed E-state index contributed by atoms with van der Waals surface area (Å²) in [5.41, 5.74) is 0. The van der Waals surface area contributed by atoms with E-state index in [2.05, 4.69) is 0 Å². The van der Waals surface area contributed by atoms with Crippen molar-refractivity contribution in [1.82, 2.24) is 4.90 Å². The van der Waals surface area contributed by atoms with Gasteiger partial charge in [0.15, 0.2) is 0 Å². The Morgan fingerprint density at radius 1 is 1.38 bits per heavy atom. The first kappa shape index (κ1) is 10.5. The predicted molar refractivity (Wildman–Crippen MR) is 48.0 cm³/mol. The zero-order valence-electron chi connectivity index (χ0n) is 8.10. The van der Waals surface area contributed by atoms with Crippen LogP contribution in [0, 0.1) is 5.92 Å². The van der Waals surface area contributed by atoms with Gasteiger partial charge in [0, 0.05) is 19.5 Å². The van der Waals surface area contributed by atoms with E-state index in [9.17, 15) is 15.0 Å². The lowest BCUT2D eigenvalue weighted by Gasteiger charge is -2.16. The van der Waals surface area contributed by atoms with Crippen LogP contribution in [0.15, 0.2) is 0 Å². The van der Waals surface area contributed by atoms with Gasteiger partial charge in [0.1, 0.15) is 0 Å². The van der Waals surface area contributed by atoms with Gasteiger partial charge in [0.05, 0.1) is 12.2 Å². The Kier molecular flexibility index (Phi) is 3.27. The number of β-amino-alcohol motifs (C(OH)–C–C–N with tert-alkyl or cyclic N) is 2. The van der Waals surface area contributed by atoms with Crippen LogP contribution in [0.5, 0.6) is 0 Å². The number of likely N-dealkylation sites (tertiary alicyclic amines) is 1. The van der Waals surface area contributed by atoms with Crippen molar-refractivity contribution >= 4 is 5.91 Å². The van der Waals surface area contributed by atoms with E-state index in [1.165, 1.54) is 4.90 Å². The molecule has 13 heavy (non-hydrogen) atoms.